The number of carboxylic acids is 1. The van der Waals surface area contributed by atoms with E-state index in [2.05, 4.69) is 5.32 Å². The summed E-state index contributed by atoms with van der Waals surface area (Å²) in [6.07, 6.45) is 1.56. The first kappa shape index (κ1) is 16.4. The van der Waals surface area contributed by atoms with Crippen LogP contribution in [0.1, 0.15) is 32.6 Å². The van der Waals surface area contributed by atoms with Crippen LogP contribution in [0.3, 0.4) is 0 Å². The molecule has 0 aliphatic heterocycles. The van der Waals surface area contributed by atoms with Gasteiger partial charge in [0.2, 0.25) is 11.8 Å². The minimum absolute atomic E-state index is 0.278. The first-order valence-corrected chi connectivity index (χ1v) is 5.90. The van der Waals surface area contributed by atoms with E-state index >= 15 is 0 Å². The Hall–Kier alpha value is -1.63. The fourth-order valence-corrected chi connectivity index (χ4v) is 1.45. The molecule has 0 aromatic heterocycles. The number of unbranched alkanes of at least 4 members (excludes halogenated alkanes) is 1. The van der Waals surface area contributed by atoms with Crippen molar-refractivity contribution in [3.05, 3.63) is 0 Å². The first-order valence-electron chi connectivity index (χ1n) is 5.90. The number of hydrogen-bond donors (Lipinski definition) is 4. The van der Waals surface area contributed by atoms with Crippen molar-refractivity contribution in [2.45, 2.75) is 38.6 Å². The largest absolute Gasteiger partial charge is 0.481 e. The molecule has 0 fully saturated rings. The number of carbonyl (C=O) groups excluding carboxylic acids is 2. The van der Waals surface area contributed by atoms with Crippen LogP contribution < -0.4 is 16.8 Å². The third-order valence-electron chi connectivity index (χ3n) is 2.54. The summed E-state index contributed by atoms with van der Waals surface area (Å²) in [4.78, 5) is 33.2. The van der Waals surface area contributed by atoms with E-state index in [1.807, 2.05) is 0 Å². The summed E-state index contributed by atoms with van der Waals surface area (Å²) >= 11 is 0. The van der Waals surface area contributed by atoms with E-state index in [4.69, 9.17) is 16.6 Å². The van der Waals surface area contributed by atoms with Crippen molar-refractivity contribution in [2.75, 3.05) is 6.54 Å². The lowest BCUT2D eigenvalue weighted by Crippen LogP contribution is -2.46. The molecule has 104 valence electrons. The zero-order valence-electron chi connectivity index (χ0n) is 10.5. The number of nitrogens with two attached hydrogens (primary N) is 2. The fourth-order valence-electron chi connectivity index (χ4n) is 1.45. The van der Waals surface area contributed by atoms with Crippen LogP contribution in [-0.4, -0.2) is 35.5 Å². The molecular weight excluding hydrogens is 238 g/mol. The summed E-state index contributed by atoms with van der Waals surface area (Å²) in [6.45, 7) is 2.00. The molecule has 0 saturated carbocycles. The Morgan fingerprint density at radius 1 is 1.28 bits per heavy atom. The maximum Gasteiger partial charge on any atom is 0.304 e. The molecule has 2 atom stereocenters. The summed E-state index contributed by atoms with van der Waals surface area (Å²) in [6, 6.07) is -0.764. The second kappa shape index (κ2) is 8.46. The topological polar surface area (TPSA) is 136 Å². The molecule has 0 saturated heterocycles. The van der Waals surface area contributed by atoms with Gasteiger partial charge in [0.05, 0.1) is 6.42 Å². The quantitative estimate of drug-likeness (QED) is 0.402. The van der Waals surface area contributed by atoms with Gasteiger partial charge in [0.1, 0.15) is 6.04 Å². The van der Waals surface area contributed by atoms with Crippen LogP contribution >= 0.6 is 0 Å². The number of amides is 2. The standard InChI is InChI=1S/C11H21N3O4/c1-7(6-9(15)16)11(18)14-8(10(13)17)4-2-3-5-12/h7-8H,2-6,12H2,1H3,(H2,13,17)(H,14,18)(H,15,16). The van der Waals surface area contributed by atoms with Crippen LogP contribution in [0, 0.1) is 5.92 Å². The van der Waals surface area contributed by atoms with E-state index in [9.17, 15) is 14.4 Å². The number of carboxylic acid groups (broad SMARTS) is 1. The van der Waals surface area contributed by atoms with Crippen molar-refractivity contribution < 1.29 is 19.5 Å². The maximum absolute atomic E-state index is 11.6. The van der Waals surface area contributed by atoms with Gasteiger partial charge in [-0.1, -0.05) is 6.92 Å². The smallest absolute Gasteiger partial charge is 0.304 e. The lowest BCUT2D eigenvalue weighted by Gasteiger charge is -2.17. The number of rotatable bonds is 9. The van der Waals surface area contributed by atoms with Gasteiger partial charge in [-0.15, -0.1) is 0 Å². The Kier molecular flexibility index (Phi) is 7.69. The van der Waals surface area contributed by atoms with Crippen LogP contribution in [0.5, 0.6) is 0 Å². The Bertz CT molecular complexity index is 307. The Morgan fingerprint density at radius 2 is 1.89 bits per heavy atom. The molecule has 0 spiro atoms. The molecule has 0 aliphatic rings. The van der Waals surface area contributed by atoms with Crippen molar-refractivity contribution in [3.8, 4) is 0 Å². The van der Waals surface area contributed by atoms with Gasteiger partial charge in [-0.2, -0.15) is 0 Å². The molecular formula is C11H21N3O4. The van der Waals surface area contributed by atoms with Gasteiger partial charge in [0.15, 0.2) is 0 Å². The Balaban J connectivity index is 4.26. The molecule has 0 aliphatic carbocycles. The molecule has 0 radical (unpaired) electrons. The molecule has 18 heavy (non-hydrogen) atoms. The van der Waals surface area contributed by atoms with Gasteiger partial charge in [-0.25, -0.2) is 0 Å². The third kappa shape index (κ3) is 6.85. The number of aliphatic carboxylic acids is 1. The predicted octanol–water partition coefficient (Wildman–Crippen LogP) is -0.804. The molecule has 7 nitrogen and oxygen atoms in total. The van der Waals surface area contributed by atoms with E-state index in [1.54, 1.807) is 0 Å². The van der Waals surface area contributed by atoms with Crippen molar-refractivity contribution in [1.29, 1.82) is 0 Å². The van der Waals surface area contributed by atoms with Gasteiger partial charge >= 0.3 is 5.97 Å². The maximum atomic E-state index is 11.6. The number of carbonyl (C=O) groups is 3. The molecule has 0 heterocycles. The van der Waals surface area contributed by atoms with Gasteiger partial charge < -0.3 is 21.9 Å². The summed E-state index contributed by atoms with van der Waals surface area (Å²) in [7, 11) is 0. The van der Waals surface area contributed by atoms with Gasteiger partial charge in [-0.3, -0.25) is 14.4 Å². The highest BCUT2D eigenvalue weighted by molar-refractivity contribution is 5.88. The van der Waals surface area contributed by atoms with Crippen LogP contribution in [0.4, 0.5) is 0 Å². The summed E-state index contributed by atoms with van der Waals surface area (Å²) in [5.41, 5.74) is 10.5. The van der Waals surface area contributed by atoms with Crippen LogP contribution in [0.25, 0.3) is 0 Å². The van der Waals surface area contributed by atoms with Crippen molar-refractivity contribution >= 4 is 17.8 Å². The van der Waals surface area contributed by atoms with E-state index in [-0.39, 0.29) is 6.42 Å². The Morgan fingerprint density at radius 3 is 2.33 bits per heavy atom. The zero-order chi connectivity index (χ0) is 14.1. The lowest BCUT2D eigenvalue weighted by atomic mass is 10.0. The molecule has 0 rings (SSSR count). The second-order valence-corrected chi connectivity index (χ2v) is 4.25. The van der Waals surface area contributed by atoms with Crippen molar-refractivity contribution in [1.82, 2.24) is 5.32 Å². The highest BCUT2D eigenvalue weighted by Crippen LogP contribution is 2.05. The molecule has 2 amide bonds. The van der Waals surface area contributed by atoms with Gasteiger partial charge in [-0.05, 0) is 25.8 Å². The first-order chi connectivity index (χ1) is 8.38. The van der Waals surface area contributed by atoms with E-state index in [0.717, 1.165) is 6.42 Å². The van der Waals surface area contributed by atoms with Crippen LogP contribution in [0.15, 0.2) is 0 Å². The summed E-state index contributed by atoms with van der Waals surface area (Å²) < 4.78 is 0. The van der Waals surface area contributed by atoms with Crippen molar-refractivity contribution in [2.24, 2.45) is 17.4 Å². The SMILES string of the molecule is CC(CC(=O)O)C(=O)NC(CCCCN)C(N)=O. The molecule has 6 N–H and O–H groups in total. The normalized spacial score (nSPS) is 13.7. The van der Waals surface area contributed by atoms with E-state index in [1.165, 1.54) is 6.92 Å². The van der Waals surface area contributed by atoms with Crippen LogP contribution in [0.2, 0.25) is 0 Å². The highest BCUT2D eigenvalue weighted by atomic mass is 16.4. The minimum Gasteiger partial charge on any atom is -0.481 e. The van der Waals surface area contributed by atoms with Gasteiger partial charge in [0, 0.05) is 5.92 Å². The summed E-state index contributed by atoms with van der Waals surface area (Å²) in [5, 5.41) is 11.0. The minimum atomic E-state index is -1.06. The number of hydrogen-bond acceptors (Lipinski definition) is 4. The predicted molar refractivity (Wildman–Crippen MR) is 65.4 cm³/mol. The molecule has 7 heteroatoms. The van der Waals surface area contributed by atoms with Crippen LogP contribution in [-0.2, 0) is 14.4 Å². The van der Waals surface area contributed by atoms with E-state index < -0.39 is 29.7 Å². The average Bonchev–Trinajstić information content (AvgIpc) is 2.26. The fraction of sp³-hybridized carbons (Fsp3) is 0.727. The second-order valence-electron chi connectivity index (χ2n) is 4.25. The lowest BCUT2D eigenvalue weighted by molar-refractivity contribution is -0.141. The van der Waals surface area contributed by atoms with E-state index in [0.29, 0.717) is 19.4 Å². The van der Waals surface area contributed by atoms with Gasteiger partial charge in [0.25, 0.3) is 0 Å². The molecule has 2 unspecified atom stereocenters. The Labute approximate surface area is 106 Å². The number of primary amides is 1. The summed E-state index contributed by atoms with van der Waals surface area (Å²) in [5.74, 6) is -2.85. The molecule has 0 aromatic rings. The number of nitrogens with one attached hydrogen (secondary N) is 1. The third-order valence-corrected chi connectivity index (χ3v) is 2.54. The molecule has 0 bridgehead atoms. The average molecular weight is 259 g/mol. The highest BCUT2D eigenvalue weighted by Gasteiger charge is 2.22. The van der Waals surface area contributed by atoms with Crippen molar-refractivity contribution in [3.63, 3.8) is 0 Å². The molecule has 0 aromatic carbocycles. The zero-order valence-corrected chi connectivity index (χ0v) is 10.5. The monoisotopic (exact) mass is 259 g/mol.